The Balaban J connectivity index is 1.63. The Bertz CT molecular complexity index is 668. The van der Waals surface area contributed by atoms with E-state index in [1.165, 1.54) is 25.7 Å². The maximum absolute atomic E-state index is 5.97. The van der Waals surface area contributed by atoms with Crippen molar-refractivity contribution in [2.45, 2.75) is 32.2 Å². The third-order valence-electron chi connectivity index (χ3n) is 5.09. The Morgan fingerprint density at radius 3 is 2.95 bits per heavy atom. The van der Waals surface area contributed by atoms with E-state index < -0.39 is 0 Å². The molecule has 0 radical (unpaired) electrons. The first-order chi connectivity index (χ1) is 10.2. The van der Waals surface area contributed by atoms with Gasteiger partial charge in [-0.15, -0.1) is 5.10 Å². The molecule has 5 nitrogen and oxygen atoms in total. The van der Waals surface area contributed by atoms with Crippen LogP contribution in [0.25, 0.3) is 11.4 Å². The number of fused-ring (bicyclic) bond motifs is 2. The number of nitrogens with two attached hydrogens (primary N) is 1. The zero-order valence-electron chi connectivity index (χ0n) is 11.7. The Labute approximate surface area is 132 Å². The van der Waals surface area contributed by atoms with Crippen LogP contribution in [0.4, 0.5) is 5.69 Å². The molecule has 3 unspecified atom stereocenters. The van der Waals surface area contributed by atoms with Crippen LogP contribution in [0.1, 0.15) is 25.7 Å². The number of rotatable bonds is 3. The van der Waals surface area contributed by atoms with Gasteiger partial charge in [0.1, 0.15) is 0 Å². The largest absolute Gasteiger partial charge is 0.398 e. The van der Waals surface area contributed by atoms with Gasteiger partial charge in [-0.25, -0.2) is 4.68 Å². The molecule has 2 aliphatic rings. The number of benzene rings is 1. The highest BCUT2D eigenvalue weighted by molar-refractivity contribution is 9.10. The second kappa shape index (κ2) is 5.09. The van der Waals surface area contributed by atoms with E-state index in [1.807, 2.05) is 22.9 Å². The molecule has 0 amide bonds. The summed E-state index contributed by atoms with van der Waals surface area (Å²) in [5.74, 6) is 3.35. The summed E-state index contributed by atoms with van der Waals surface area (Å²) in [6.07, 6.45) is 5.55. The minimum atomic E-state index is 0.710. The third kappa shape index (κ3) is 2.25. The molecule has 3 atom stereocenters. The normalized spacial score (nSPS) is 27.4. The zero-order chi connectivity index (χ0) is 14.4. The SMILES string of the molecule is Nc1cccc(-c2nnnn2CC2CC3CCC2C3)c1Br. The van der Waals surface area contributed by atoms with Crippen LogP contribution in [0.3, 0.4) is 0 Å². The number of hydrogen-bond donors (Lipinski definition) is 1. The van der Waals surface area contributed by atoms with Gasteiger partial charge < -0.3 is 5.73 Å². The molecular formula is C15H18BrN5. The lowest BCUT2D eigenvalue weighted by Gasteiger charge is -2.21. The second-order valence-corrected chi connectivity index (χ2v) is 7.12. The Morgan fingerprint density at radius 2 is 2.19 bits per heavy atom. The molecule has 0 spiro atoms. The van der Waals surface area contributed by atoms with Gasteiger partial charge in [-0.3, -0.25) is 0 Å². The third-order valence-corrected chi connectivity index (χ3v) is 5.98. The molecule has 1 heterocycles. The molecule has 2 aromatic rings. The number of hydrogen-bond acceptors (Lipinski definition) is 4. The smallest absolute Gasteiger partial charge is 0.183 e. The van der Waals surface area contributed by atoms with E-state index in [2.05, 4.69) is 31.5 Å². The summed E-state index contributed by atoms with van der Waals surface area (Å²) in [6, 6.07) is 5.81. The van der Waals surface area contributed by atoms with E-state index in [0.29, 0.717) is 5.69 Å². The van der Waals surface area contributed by atoms with Crippen molar-refractivity contribution in [2.75, 3.05) is 5.73 Å². The Morgan fingerprint density at radius 1 is 1.29 bits per heavy atom. The van der Waals surface area contributed by atoms with Crippen LogP contribution in [-0.2, 0) is 6.54 Å². The van der Waals surface area contributed by atoms with Gasteiger partial charge >= 0.3 is 0 Å². The fraction of sp³-hybridized carbons (Fsp3) is 0.533. The molecular weight excluding hydrogens is 330 g/mol. The lowest BCUT2D eigenvalue weighted by molar-refractivity contribution is 0.284. The topological polar surface area (TPSA) is 69.6 Å². The molecule has 2 aliphatic carbocycles. The van der Waals surface area contributed by atoms with E-state index in [9.17, 15) is 0 Å². The van der Waals surface area contributed by atoms with Gasteiger partial charge in [0.2, 0.25) is 0 Å². The van der Waals surface area contributed by atoms with Crippen LogP contribution in [0, 0.1) is 17.8 Å². The average Bonchev–Trinajstić information content (AvgIpc) is 3.18. The summed E-state index contributed by atoms with van der Waals surface area (Å²) >= 11 is 3.55. The summed E-state index contributed by atoms with van der Waals surface area (Å²) in [7, 11) is 0. The maximum atomic E-state index is 5.97. The van der Waals surface area contributed by atoms with E-state index >= 15 is 0 Å². The van der Waals surface area contributed by atoms with Crippen molar-refractivity contribution >= 4 is 21.6 Å². The molecule has 0 aliphatic heterocycles. The molecule has 1 aromatic heterocycles. The molecule has 6 heteroatoms. The van der Waals surface area contributed by atoms with Gasteiger partial charge in [0.15, 0.2) is 5.82 Å². The molecule has 1 aromatic carbocycles. The predicted molar refractivity (Wildman–Crippen MR) is 84.3 cm³/mol. The van der Waals surface area contributed by atoms with Crippen LogP contribution in [-0.4, -0.2) is 20.2 Å². The predicted octanol–water partition coefficient (Wildman–Crippen LogP) is 3.12. The quantitative estimate of drug-likeness (QED) is 0.866. The Hall–Kier alpha value is -1.43. The van der Waals surface area contributed by atoms with Gasteiger partial charge in [0.25, 0.3) is 0 Å². The number of aromatic nitrogens is 4. The van der Waals surface area contributed by atoms with Crippen molar-refractivity contribution < 1.29 is 0 Å². The summed E-state index contributed by atoms with van der Waals surface area (Å²) < 4.78 is 2.82. The molecule has 2 bridgehead atoms. The standard InChI is InChI=1S/C15H18BrN5/c16-14-12(2-1-3-13(14)17)15-18-19-20-21(15)8-11-7-9-4-5-10(11)6-9/h1-3,9-11H,4-8,17H2. The number of nitrogen functional groups attached to an aromatic ring is 1. The van der Waals surface area contributed by atoms with Crippen LogP contribution in [0.2, 0.25) is 0 Å². The van der Waals surface area contributed by atoms with E-state index in [1.54, 1.807) is 0 Å². The number of anilines is 1. The minimum absolute atomic E-state index is 0.710. The van der Waals surface area contributed by atoms with Gasteiger partial charge in [-0.2, -0.15) is 0 Å². The lowest BCUT2D eigenvalue weighted by atomic mass is 9.89. The Kier molecular flexibility index (Phi) is 3.21. The molecule has 2 fully saturated rings. The van der Waals surface area contributed by atoms with Gasteiger partial charge in [0.05, 0.1) is 4.47 Å². The first-order valence-corrected chi connectivity index (χ1v) is 8.32. The summed E-state index contributed by atoms with van der Waals surface area (Å²) in [4.78, 5) is 0. The van der Waals surface area contributed by atoms with Gasteiger partial charge in [-0.05, 0) is 75.5 Å². The van der Waals surface area contributed by atoms with Crippen molar-refractivity contribution in [1.82, 2.24) is 20.2 Å². The molecule has 2 saturated carbocycles. The van der Waals surface area contributed by atoms with Crippen LogP contribution in [0.5, 0.6) is 0 Å². The fourth-order valence-corrected chi connectivity index (χ4v) is 4.51. The van der Waals surface area contributed by atoms with E-state index in [-0.39, 0.29) is 0 Å². The van der Waals surface area contributed by atoms with Crippen LogP contribution >= 0.6 is 15.9 Å². The summed E-state index contributed by atoms with van der Waals surface area (Å²) in [6.45, 7) is 0.921. The number of halogens is 1. The molecule has 21 heavy (non-hydrogen) atoms. The molecule has 2 N–H and O–H groups in total. The second-order valence-electron chi connectivity index (χ2n) is 6.33. The van der Waals surface area contributed by atoms with Crippen molar-refractivity contribution in [3.05, 3.63) is 22.7 Å². The van der Waals surface area contributed by atoms with Crippen molar-refractivity contribution in [3.8, 4) is 11.4 Å². The van der Waals surface area contributed by atoms with E-state index in [0.717, 1.165) is 40.2 Å². The molecule has 4 rings (SSSR count). The average molecular weight is 348 g/mol. The first-order valence-electron chi connectivity index (χ1n) is 7.53. The molecule has 0 saturated heterocycles. The number of tetrazole rings is 1. The summed E-state index contributed by atoms with van der Waals surface area (Å²) in [5, 5.41) is 12.3. The van der Waals surface area contributed by atoms with Crippen molar-refractivity contribution in [3.63, 3.8) is 0 Å². The fourth-order valence-electron chi connectivity index (χ4n) is 4.07. The number of nitrogens with zero attached hydrogens (tertiary/aromatic N) is 4. The maximum Gasteiger partial charge on any atom is 0.183 e. The first kappa shape index (κ1) is 13.2. The lowest BCUT2D eigenvalue weighted by Crippen LogP contribution is -2.19. The highest BCUT2D eigenvalue weighted by Crippen LogP contribution is 2.49. The molecule has 110 valence electrons. The van der Waals surface area contributed by atoms with Crippen molar-refractivity contribution in [2.24, 2.45) is 17.8 Å². The van der Waals surface area contributed by atoms with Crippen LogP contribution in [0.15, 0.2) is 22.7 Å². The van der Waals surface area contributed by atoms with Crippen molar-refractivity contribution in [1.29, 1.82) is 0 Å². The zero-order valence-corrected chi connectivity index (χ0v) is 13.3. The monoisotopic (exact) mass is 347 g/mol. The minimum Gasteiger partial charge on any atom is -0.398 e. The highest BCUT2D eigenvalue weighted by atomic mass is 79.9. The van der Waals surface area contributed by atoms with Gasteiger partial charge in [0, 0.05) is 17.8 Å². The summed E-state index contributed by atoms with van der Waals surface area (Å²) in [5.41, 5.74) is 7.64. The van der Waals surface area contributed by atoms with E-state index in [4.69, 9.17) is 5.73 Å². The highest BCUT2D eigenvalue weighted by Gasteiger charge is 2.39. The van der Waals surface area contributed by atoms with Crippen LogP contribution < -0.4 is 5.73 Å². The van der Waals surface area contributed by atoms with Gasteiger partial charge in [-0.1, -0.05) is 12.5 Å².